The van der Waals surface area contributed by atoms with Gasteiger partial charge in [0.15, 0.2) is 0 Å². The lowest BCUT2D eigenvalue weighted by Gasteiger charge is -2.28. The van der Waals surface area contributed by atoms with E-state index < -0.39 is 0 Å². The molecule has 0 unspecified atom stereocenters. The van der Waals surface area contributed by atoms with Gasteiger partial charge in [0.2, 0.25) is 6.54 Å². The Hall–Kier alpha value is -2.02. The van der Waals surface area contributed by atoms with E-state index in [1.54, 1.807) is 11.8 Å². The molecule has 0 aromatic heterocycles. The predicted octanol–water partition coefficient (Wildman–Crippen LogP) is 2.60. The molecule has 24 heavy (non-hydrogen) atoms. The minimum absolute atomic E-state index is 0.178. The molecule has 0 radical (unpaired) electrons. The van der Waals surface area contributed by atoms with Gasteiger partial charge in [0.25, 0.3) is 0 Å². The summed E-state index contributed by atoms with van der Waals surface area (Å²) in [5.74, 6) is -1.08. The number of hydrogen-bond acceptors (Lipinski definition) is 5. The fourth-order valence-electron chi connectivity index (χ4n) is 3.50. The van der Waals surface area contributed by atoms with Crippen molar-refractivity contribution in [3.05, 3.63) is 45.5 Å². The van der Waals surface area contributed by atoms with Crippen LogP contribution in [0.15, 0.2) is 24.3 Å². The van der Waals surface area contributed by atoms with Crippen LogP contribution < -0.4 is 0 Å². The molecule has 0 fully saturated rings. The van der Waals surface area contributed by atoms with Crippen LogP contribution >= 0.6 is 12.2 Å². The smallest absolute Gasteiger partial charge is 0.306 e. The highest BCUT2D eigenvalue weighted by atomic mass is 32.1. The van der Waals surface area contributed by atoms with E-state index in [2.05, 4.69) is 0 Å². The molecule has 1 aromatic carbocycles. The molecular weight excluding hydrogens is 328 g/mol. The number of ether oxygens (including phenoxy) is 1. The highest BCUT2D eigenvalue weighted by Crippen LogP contribution is 2.49. The molecule has 1 aliphatic carbocycles. The molecule has 3 atom stereocenters. The zero-order chi connectivity index (χ0) is 17.9. The molecule has 0 amide bonds. The molecule has 0 saturated carbocycles. The van der Waals surface area contributed by atoms with Gasteiger partial charge in [-0.15, -0.1) is 0 Å². The Labute approximate surface area is 146 Å². The average Bonchev–Trinajstić information content (AvgIpc) is 2.80. The fourth-order valence-corrected chi connectivity index (χ4v) is 3.83. The van der Waals surface area contributed by atoms with Gasteiger partial charge in [-0.05, 0) is 18.1 Å². The summed E-state index contributed by atoms with van der Waals surface area (Å²) in [6, 6.07) is 7.60. The molecule has 130 valence electrons. The molecule has 7 heteroatoms. The Morgan fingerprint density at radius 2 is 1.88 bits per heavy atom. The summed E-state index contributed by atoms with van der Waals surface area (Å²) in [4.78, 5) is 25.4. The Morgan fingerprint density at radius 1 is 1.29 bits per heavy atom. The molecule has 6 nitrogen and oxygen atoms in total. The number of rotatable bonds is 6. The van der Waals surface area contributed by atoms with Crippen LogP contribution in [0.1, 0.15) is 36.3 Å². The number of esters is 1. The zero-order valence-corrected chi connectivity index (χ0v) is 14.9. The van der Waals surface area contributed by atoms with E-state index in [0.717, 1.165) is 11.1 Å². The second-order valence-corrected chi connectivity index (χ2v) is 6.54. The van der Waals surface area contributed by atoms with Crippen molar-refractivity contribution in [3.8, 4) is 0 Å². The number of nitro groups is 1. The molecule has 1 aromatic rings. The molecule has 0 bridgehead atoms. The summed E-state index contributed by atoms with van der Waals surface area (Å²) in [5.41, 5.74) is 1.88. The van der Waals surface area contributed by atoms with Crippen molar-refractivity contribution in [2.45, 2.75) is 25.2 Å². The second kappa shape index (κ2) is 7.70. The van der Waals surface area contributed by atoms with E-state index in [9.17, 15) is 14.9 Å². The van der Waals surface area contributed by atoms with Gasteiger partial charge < -0.3 is 9.64 Å². The van der Waals surface area contributed by atoms with Crippen LogP contribution in [0.3, 0.4) is 0 Å². The molecule has 0 heterocycles. The van der Waals surface area contributed by atoms with Gasteiger partial charge in [0, 0.05) is 30.9 Å². The lowest BCUT2D eigenvalue weighted by atomic mass is 9.84. The highest BCUT2D eigenvalue weighted by molar-refractivity contribution is 7.80. The number of benzene rings is 1. The minimum Gasteiger partial charge on any atom is -0.466 e. The molecule has 0 spiro atoms. The van der Waals surface area contributed by atoms with Crippen LogP contribution in [-0.2, 0) is 9.53 Å². The number of hydrogen-bond donors (Lipinski definition) is 0. The normalized spacial score (nSPS) is 21.9. The van der Waals surface area contributed by atoms with E-state index in [4.69, 9.17) is 17.0 Å². The van der Waals surface area contributed by atoms with Crippen molar-refractivity contribution in [3.63, 3.8) is 0 Å². The Bertz CT molecular complexity index is 647. The molecule has 1 aliphatic rings. The average molecular weight is 350 g/mol. The number of nitrogens with zero attached hydrogens (tertiary/aromatic N) is 2. The first-order valence-corrected chi connectivity index (χ1v) is 8.35. The zero-order valence-electron chi connectivity index (χ0n) is 14.1. The topological polar surface area (TPSA) is 72.7 Å². The van der Waals surface area contributed by atoms with Gasteiger partial charge in [0.05, 0.1) is 23.9 Å². The Balaban J connectivity index is 2.45. The summed E-state index contributed by atoms with van der Waals surface area (Å²) in [5, 5.41) is 11.2. The van der Waals surface area contributed by atoms with Gasteiger partial charge in [-0.2, -0.15) is 0 Å². The molecule has 0 saturated heterocycles. The largest absolute Gasteiger partial charge is 0.466 e. The molecule has 0 aliphatic heterocycles. The van der Waals surface area contributed by atoms with E-state index in [1.807, 2.05) is 38.4 Å². The standard InChI is InChI=1S/C17H22N2O4S/c1-4-23-15(20)9-13-11-7-5-6-8-12(11)14(10-19(21)22)16(13)17(24)18(2)3/h5-8,13-14,16H,4,9-10H2,1-3H3/t13-,14+,16+/m1/s1. The maximum absolute atomic E-state index is 12.1. The van der Waals surface area contributed by atoms with Gasteiger partial charge >= 0.3 is 5.97 Å². The van der Waals surface area contributed by atoms with Crippen LogP contribution in [0.4, 0.5) is 0 Å². The summed E-state index contributed by atoms with van der Waals surface area (Å²) < 4.78 is 5.09. The third kappa shape index (κ3) is 3.72. The Morgan fingerprint density at radius 3 is 2.38 bits per heavy atom. The first-order valence-electron chi connectivity index (χ1n) is 7.94. The van der Waals surface area contributed by atoms with E-state index >= 15 is 0 Å². The summed E-state index contributed by atoms with van der Waals surface area (Å²) >= 11 is 5.56. The first-order chi connectivity index (χ1) is 11.4. The van der Waals surface area contributed by atoms with Crippen molar-refractivity contribution in [2.75, 3.05) is 27.2 Å². The number of carbonyl (C=O) groups excluding carboxylic acids is 1. The van der Waals surface area contributed by atoms with E-state index in [-0.39, 0.29) is 41.6 Å². The third-order valence-electron chi connectivity index (χ3n) is 4.43. The van der Waals surface area contributed by atoms with Crippen LogP contribution in [0.25, 0.3) is 0 Å². The van der Waals surface area contributed by atoms with Crippen molar-refractivity contribution in [1.29, 1.82) is 0 Å². The van der Waals surface area contributed by atoms with Gasteiger partial charge in [-0.1, -0.05) is 36.5 Å². The van der Waals surface area contributed by atoms with E-state index in [1.165, 1.54) is 0 Å². The predicted molar refractivity (Wildman–Crippen MR) is 94.8 cm³/mol. The van der Waals surface area contributed by atoms with Crippen LogP contribution in [0, 0.1) is 16.0 Å². The van der Waals surface area contributed by atoms with Crippen molar-refractivity contribution < 1.29 is 14.5 Å². The van der Waals surface area contributed by atoms with Crippen LogP contribution in [-0.4, -0.2) is 48.0 Å². The van der Waals surface area contributed by atoms with Crippen molar-refractivity contribution in [2.24, 2.45) is 5.92 Å². The second-order valence-electron chi connectivity index (χ2n) is 6.12. The Kier molecular flexibility index (Phi) is 5.88. The number of carbonyl (C=O) groups is 1. The minimum atomic E-state index is -0.328. The quantitative estimate of drug-likeness (QED) is 0.340. The fraction of sp³-hybridized carbons (Fsp3) is 0.529. The SMILES string of the molecule is CCOC(=O)C[C@@H]1c2ccccc2[C@H](C[N+](=O)[O-])[C@H]1C(=S)N(C)C. The summed E-state index contributed by atoms with van der Waals surface area (Å²) in [7, 11) is 3.66. The number of thiocarbonyl (C=S) groups is 1. The maximum Gasteiger partial charge on any atom is 0.306 e. The lowest BCUT2D eigenvalue weighted by molar-refractivity contribution is -0.484. The molecule has 0 N–H and O–H groups in total. The van der Waals surface area contributed by atoms with Gasteiger partial charge in [-0.3, -0.25) is 14.9 Å². The summed E-state index contributed by atoms with van der Waals surface area (Å²) in [6.45, 7) is 1.88. The maximum atomic E-state index is 12.1. The molecule has 2 rings (SSSR count). The van der Waals surface area contributed by atoms with Crippen molar-refractivity contribution >= 4 is 23.2 Å². The van der Waals surface area contributed by atoms with Crippen molar-refractivity contribution in [1.82, 2.24) is 4.90 Å². The number of fused-ring (bicyclic) bond motifs is 1. The highest BCUT2D eigenvalue weighted by Gasteiger charge is 2.46. The lowest BCUT2D eigenvalue weighted by Crippen LogP contribution is -2.35. The third-order valence-corrected chi connectivity index (χ3v) is 5.06. The van der Waals surface area contributed by atoms with E-state index in [0.29, 0.717) is 11.6 Å². The van der Waals surface area contributed by atoms with Crippen LogP contribution in [0.2, 0.25) is 0 Å². The first kappa shape index (κ1) is 18.3. The monoisotopic (exact) mass is 350 g/mol. The molecular formula is C17H22N2O4S. The van der Waals surface area contributed by atoms with Gasteiger partial charge in [0.1, 0.15) is 0 Å². The van der Waals surface area contributed by atoms with Crippen LogP contribution in [0.5, 0.6) is 0 Å². The van der Waals surface area contributed by atoms with Gasteiger partial charge in [-0.25, -0.2) is 0 Å². The summed E-state index contributed by atoms with van der Waals surface area (Å²) in [6.07, 6.45) is 0.178.